The van der Waals surface area contributed by atoms with Crippen LogP contribution < -0.4 is 10.5 Å². The fourth-order valence-electron chi connectivity index (χ4n) is 3.28. The Morgan fingerprint density at radius 1 is 1.44 bits per heavy atom. The fourth-order valence-corrected chi connectivity index (χ4v) is 4.52. The molecule has 25 heavy (non-hydrogen) atoms. The second kappa shape index (κ2) is 6.42. The average molecular weight is 364 g/mol. The number of amides is 1. The second-order valence-electron chi connectivity index (χ2n) is 7.21. The first-order valence-electron chi connectivity index (χ1n) is 8.42. The zero-order valence-corrected chi connectivity index (χ0v) is 15.3. The molecule has 136 valence electrons. The number of hydrogen-bond acceptors (Lipinski definition) is 5. The highest BCUT2D eigenvalue weighted by Crippen LogP contribution is 2.29. The van der Waals surface area contributed by atoms with Crippen LogP contribution in [-0.2, 0) is 14.8 Å². The lowest BCUT2D eigenvalue weighted by Gasteiger charge is -2.23. The number of carbonyl (C=O) groups is 1. The number of carbonyl (C=O) groups excluding carboxylic acids is 1. The summed E-state index contributed by atoms with van der Waals surface area (Å²) < 4.78 is 26.7. The van der Waals surface area contributed by atoms with Gasteiger partial charge in [0.25, 0.3) is 10.0 Å². The highest BCUT2D eigenvalue weighted by molar-refractivity contribution is 7.90. The van der Waals surface area contributed by atoms with Crippen LogP contribution in [0.15, 0.2) is 34.2 Å². The Bertz CT molecular complexity index is 821. The van der Waals surface area contributed by atoms with Crippen molar-refractivity contribution in [2.75, 3.05) is 19.6 Å². The number of aliphatic imine (C=N–C) groups is 1. The van der Waals surface area contributed by atoms with Crippen LogP contribution in [-0.4, -0.2) is 50.7 Å². The van der Waals surface area contributed by atoms with Gasteiger partial charge in [-0.15, -0.1) is 0 Å². The zero-order valence-electron chi connectivity index (χ0n) is 14.5. The molecular formula is C17H24N4O3S. The van der Waals surface area contributed by atoms with E-state index in [1.54, 1.807) is 24.3 Å². The number of nitrogens with two attached hydrogens (primary N) is 1. The summed E-state index contributed by atoms with van der Waals surface area (Å²) in [5.74, 6) is 0.340. The van der Waals surface area contributed by atoms with Gasteiger partial charge in [-0.2, -0.15) is 0 Å². The Labute approximate surface area is 148 Å². The van der Waals surface area contributed by atoms with Gasteiger partial charge >= 0.3 is 0 Å². The highest BCUT2D eigenvalue weighted by Gasteiger charge is 2.35. The van der Waals surface area contributed by atoms with Crippen molar-refractivity contribution in [1.82, 2.24) is 9.62 Å². The number of hydrogen-bond donors (Lipinski definition) is 2. The number of likely N-dealkylation sites (tertiary alicyclic amines) is 1. The van der Waals surface area contributed by atoms with Crippen molar-refractivity contribution in [1.29, 1.82) is 0 Å². The van der Waals surface area contributed by atoms with Crippen molar-refractivity contribution in [3.05, 3.63) is 29.8 Å². The van der Waals surface area contributed by atoms with E-state index in [0.717, 1.165) is 6.42 Å². The third-order valence-electron chi connectivity index (χ3n) is 4.89. The fraction of sp³-hybridized carbons (Fsp3) is 0.529. The summed E-state index contributed by atoms with van der Waals surface area (Å²) in [6, 6.07) is 6.39. The minimum absolute atomic E-state index is 0.00911. The van der Waals surface area contributed by atoms with Gasteiger partial charge < -0.3 is 10.6 Å². The standard InChI is InChI=1S/C17H24N4O3S/c1-12(9-15(22)21-8-7-17(2,10-18)11-21)19-16-13-5-3-4-6-14(13)25(23,24)20-16/h3-6,12H,7-11,18H2,1-2H3,(H,19,20). The molecule has 3 N–H and O–H groups in total. The number of nitrogens with zero attached hydrogens (tertiary/aromatic N) is 2. The maximum absolute atomic E-state index is 12.5. The zero-order chi connectivity index (χ0) is 18.2. The van der Waals surface area contributed by atoms with Gasteiger partial charge in [0.05, 0.1) is 10.9 Å². The molecule has 2 heterocycles. The summed E-state index contributed by atoms with van der Waals surface area (Å²) in [5, 5.41) is 0. The molecule has 1 amide bonds. The van der Waals surface area contributed by atoms with Crippen LogP contribution in [0.25, 0.3) is 0 Å². The number of nitrogens with one attached hydrogen (secondary N) is 1. The van der Waals surface area contributed by atoms with Gasteiger partial charge in [-0.3, -0.25) is 14.5 Å². The van der Waals surface area contributed by atoms with Gasteiger partial charge in [0.1, 0.15) is 5.84 Å². The Hall–Kier alpha value is -1.93. The largest absolute Gasteiger partial charge is 0.342 e. The SMILES string of the molecule is CC(CC(=O)N1CCC(C)(CN)C1)N=C1NS(=O)(=O)c2ccccc21. The highest BCUT2D eigenvalue weighted by atomic mass is 32.2. The van der Waals surface area contributed by atoms with Gasteiger partial charge in [-0.05, 0) is 37.4 Å². The molecule has 0 saturated carbocycles. The molecular weight excluding hydrogens is 340 g/mol. The van der Waals surface area contributed by atoms with E-state index >= 15 is 0 Å². The first kappa shape index (κ1) is 17.9. The molecule has 2 unspecified atom stereocenters. The van der Waals surface area contributed by atoms with Crippen LogP contribution >= 0.6 is 0 Å². The average Bonchev–Trinajstić information content (AvgIpc) is 3.07. The monoisotopic (exact) mass is 364 g/mol. The molecule has 1 fully saturated rings. The Morgan fingerprint density at radius 3 is 2.84 bits per heavy atom. The summed E-state index contributed by atoms with van der Waals surface area (Å²) in [5.41, 5.74) is 6.33. The molecule has 3 rings (SSSR count). The molecule has 0 aromatic heterocycles. The third-order valence-corrected chi connectivity index (χ3v) is 6.28. The summed E-state index contributed by atoms with van der Waals surface area (Å²) in [6.45, 7) is 5.85. The topological polar surface area (TPSA) is 105 Å². The van der Waals surface area contributed by atoms with Crippen LogP contribution in [0.2, 0.25) is 0 Å². The molecule has 1 aromatic rings. The molecule has 0 radical (unpaired) electrons. The minimum Gasteiger partial charge on any atom is -0.342 e. The van der Waals surface area contributed by atoms with Crippen LogP contribution in [0.5, 0.6) is 0 Å². The van der Waals surface area contributed by atoms with E-state index in [1.165, 1.54) is 0 Å². The number of benzene rings is 1. The normalized spacial score (nSPS) is 27.2. The minimum atomic E-state index is -3.55. The number of fused-ring (bicyclic) bond motifs is 1. The van der Waals surface area contributed by atoms with Gasteiger partial charge in [-0.25, -0.2) is 8.42 Å². The van der Waals surface area contributed by atoms with E-state index in [9.17, 15) is 13.2 Å². The van der Waals surface area contributed by atoms with Gasteiger partial charge in [0.15, 0.2) is 0 Å². The molecule has 2 aliphatic rings. The predicted molar refractivity (Wildman–Crippen MR) is 95.7 cm³/mol. The summed E-state index contributed by atoms with van der Waals surface area (Å²) in [4.78, 5) is 19.0. The first-order chi connectivity index (χ1) is 11.7. The van der Waals surface area contributed by atoms with Crippen molar-refractivity contribution in [2.24, 2.45) is 16.1 Å². The first-order valence-corrected chi connectivity index (χ1v) is 9.90. The molecule has 0 bridgehead atoms. The van der Waals surface area contributed by atoms with E-state index in [0.29, 0.717) is 31.0 Å². The van der Waals surface area contributed by atoms with Gasteiger partial charge in [0, 0.05) is 25.1 Å². The van der Waals surface area contributed by atoms with Crippen molar-refractivity contribution in [3.63, 3.8) is 0 Å². The molecule has 1 saturated heterocycles. The van der Waals surface area contributed by atoms with E-state index in [-0.39, 0.29) is 28.7 Å². The molecule has 2 atom stereocenters. The Morgan fingerprint density at radius 2 is 2.16 bits per heavy atom. The Kier molecular flexibility index (Phi) is 4.59. The Balaban J connectivity index is 1.70. The second-order valence-corrected chi connectivity index (χ2v) is 8.86. The quantitative estimate of drug-likeness (QED) is 0.820. The van der Waals surface area contributed by atoms with E-state index in [4.69, 9.17) is 5.73 Å². The van der Waals surface area contributed by atoms with Crippen molar-refractivity contribution in [2.45, 2.75) is 37.6 Å². The summed E-state index contributed by atoms with van der Waals surface area (Å²) >= 11 is 0. The smallest absolute Gasteiger partial charge is 0.263 e. The van der Waals surface area contributed by atoms with E-state index in [2.05, 4.69) is 16.6 Å². The van der Waals surface area contributed by atoms with Crippen molar-refractivity contribution >= 4 is 21.8 Å². The molecule has 7 nitrogen and oxygen atoms in total. The maximum Gasteiger partial charge on any atom is 0.263 e. The van der Waals surface area contributed by atoms with E-state index < -0.39 is 10.0 Å². The van der Waals surface area contributed by atoms with Crippen LogP contribution in [0, 0.1) is 5.41 Å². The van der Waals surface area contributed by atoms with Crippen LogP contribution in [0.3, 0.4) is 0 Å². The van der Waals surface area contributed by atoms with Gasteiger partial charge in [-0.1, -0.05) is 19.1 Å². The molecule has 0 aliphatic carbocycles. The summed E-state index contributed by atoms with van der Waals surface area (Å²) in [6.07, 6.45) is 1.15. The summed E-state index contributed by atoms with van der Waals surface area (Å²) in [7, 11) is -3.55. The lowest BCUT2D eigenvalue weighted by molar-refractivity contribution is -0.130. The molecule has 0 spiro atoms. The molecule has 2 aliphatic heterocycles. The molecule has 1 aromatic carbocycles. The lowest BCUT2D eigenvalue weighted by Crippen LogP contribution is -2.35. The number of sulfonamides is 1. The molecule has 8 heteroatoms. The van der Waals surface area contributed by atoms with Crippen LogP contribution in [0.1, 0.15) is 32.3 Å². The van der Waals surface area contributed by atoms with Gasteiger partial charge in [0.2, 0.25) is 5.91 Å². The van der Waals surface area contributed by atoms with Crippen molar-refractivity contribution in [3.8, 4) is 0 Å². The predicted octanol–water partition coefficient (Wildman–Crippen LogP) is 0.701. The maximum atomic E-state index is 12.5. The number of rotatable bonds is 4. The lowest BCUT2D eigenvalue weighted by atomic mass is 9.90. The third kappa shape index (κ3) is 3.55. The van der Waals surface area contributed by atoms with Crippen LogP contribution in [0.4, 0.5) is 0 Å². The van der Waals surface area contributed by atoms with E-state index in [1.807, 2.05) is 11.8 Å². The number of amidine groups is 1. The van der Waals surface area contributed by atoms with Crippen molar-refractivity contribution < 1.29 is 13.2 Å².